The van der Waals surface area contributed by atoms with E-state index in [-0.39, 0.29) is 0 Å². The molecule has 0 unspecified atom stereocenters. The van der Waals surface area contributed by atoms with Gasteiger partial charge in [0.05, 0.1) is 5.69 Å². The first kappa shape index (κ1) is 19.4. The molecule has 0 aliphatic rings. The molecular formula is C26H31N. The van der Waals surface area contributed by atoms with Crippen molar-refractivity contribution in [3.05, 3.63) is 89.1 Å². The molecule has 27 heavy (non-hydrogen) atoms. The first-order chi connectivity index (χ1) is 13.3. The van der Waals surface area contributed by atoms with E-state index in [2.05, 4.69) is 79.5 Å². The van der Waals surface area contributed by atoms with Crippen molar-refractivity contribution in [2.24, 2.45) is 0 Å². The lowest BCUT2D eigenvalue weighted by Crippen LogP contribution is -1.93. The molecule has 140 valence electrons. The average molecular weight is 358 g/mol. The smallest absolute Gasteiger partial charge is 0.0702 e. The Morgan fingerprint density at radius 3 is 1.74 bits per heavy atom. The molecule has 0 atom stereocenters. The van der Waals surface area contributed by atoms with Crippen molar-refractivity contribution in [2.75, 3.05) is 0 Å². The van der Waals surface area contributed by atoms with Gasteiger partial charge >= 0.3 is 0 Å². The van der Waals surface area contributed by atoms with Crippen LogP contribution in [0.15, 0.2) is 66.9 Å². The number of hydrogen-bond donors (Lipinski definition) is 0. The van der Waals surface area contributed by atoms with Crippen molar-refractivity contribution in [1.29, 1.82) is 0 Å². The highest BCUT2D eigenvalue weighted by molar-refractivity contribution is 5.59. The van der Waals surface area contributed by atoms with Gasteiger partial charge in [-0.25, -0.2) is 0 Å². The summed E-state index contributed by atoms with van der Waals surface area (Å²) >= 11 is 0. The van der Waals surface area contributed by atoms with Crippen molar-refractivity contribution in [1.82, 2.24) is 4.98 Å². The molecule has 0 amide bonds. The van der Waals surface area contributed by atoms with E-state index in [1.54, 1.807) is 0 Å². The van der Waals surface area contributed by atoms with Crippen LogP contribution in [0.4, 0.5) is 0 Å². The third-order valence-electron chi connectivity index (χ3n) is 5.28. The molecule has 3 rings (SSSR count). The molecule has 1 heterocycles. The first-order valence-electron chi connectivity index (χ1n) is 10.4. The van der Waals surface area contributed by atoms with Gasteiger partial charge in [0.25, 0.3) is 0 Å². The molecule has 0 saturated carbocycles. The van der Waals surface area contributed by atoms with Gasteiger partial charge in [-0.1, -0.05) is 81.3 Å². The highest BCUT2D eigenvalue weighted by atomic mass is 14.7. The second kappa shape index (κ2) is 10.1. The van der Waals surface area contributed by atoms with Gasteiger partial charge in [0.1, 0.15) is 0 Å². The third-order valence-corrected chi connectivity index (χ3v) is 5.28. The second-order valence-corrected chi connectivity index (χ2v) is 7.38. The molecule has 1 heteroatoms. The Labute approximate surface area is 164 Å². The first-order valence-corrected chi connectivity index (χ1v) is 10.4. The van der Waals surface area contributed by atoms with Crippen molar-refractivity contribution in [2.45, 2.75) is 58.8 Å². The number of aromatic nitrogens is 1. The summed E-state index contributed by atoms with van der Waals surface area (Å²) < 4.78 is 0. The number of nitrogens with zero attached hydrogens (tertiary/aromatic N) is 1. The number of hydrogen-bond acceptors (Lipinski definition) is 1. The number of aryl methyl sites for hydroxylation is 4. The standard InChI is InChI=1S/C26H31N/c1-3-5-6-7-24-16-19-26(27-20-24)25-17-14-23(15-18-25)13-12-22-10-8-21(4-2)9-11-22/h8-11,14-20H,3-7,12-13H2,1-2H3. The van der Waals surface area contributed by atoms with Crippen LogP contribution in [0.2, 0.25) is 0 Å². The van der Waals surface area contributed by atoms with Crippen LogP contribution in [0.5, 0.6) is 0 Å². The predicted octanol–water partition coefficient (Wildman–Crippen LogP) is 6.83. The van der Waals surface area contributed by atoms with Gasteiger partial charge in [0, 0.05) is 11.8 Å². The van der Waals surface area contributed by atoms with E-state index in [9.17, 15) is 0 Å². The molecule has 0 spiro atoms. The molecule has 3 aromatic rings. The SMILES string of the molecule is CCCCCc1ccc(-c2ccc(CCc3ccc(CC)cc3)cc2)nc1. The van der Waals surface area contributed by atoms with Crippen molar-refractivity contribution in [3.8, 4) is 11.3 Å². The van der Waals surface area contributed by atoms with E-state index < -0.39 is 0 Å². The number of unbranched alkanes of at least 4 members (excludes halogenated alkanes) is 2. The summed E-state index contributed by atoms with van der Waals surface area (Å²) in [5.74, 6) is 0. The van der Waals surface area contributed by atoms with E-state index in [1.807, 2.05) is 6.20 Å². The maximum absolute atomic E-state index is 4.67. The largest absolute Gasteiger partial charge is 0.256 e. The zero-order valence-electron chi connectivity index (χ0n) is 16.7. The van der Waals surface area contributed by atoms with Gasteiger partial charge in [-0.15, -0.1) is 0 Å². The van der Waals surface area contributed by atoms with E-state index in [1.165, 1.54) is 47.1 Å². The minimum Gasteiger partial charge on any atom is -0.256 e. The number of pyridine rings is 1. The van der Waals surface area contributed by atoms with Gasteiger partial charge in [-0.3, -0.25) is 4.98 Å². The number of rotatable bonds is 9. The summed E-state index contributed by atoms with van der Waals surface area (Å²) in [6, 6.07) is 22.3. The fraction of sp³-hybridized carbons (Fsp3) is 0.346. The minimum atomic E-state index is 1.07. The second-order valence-electron chi connectivity index (χ2n) is 7.38. The lowest BCUT2D eigenvalue weighted by Gasteiger charge is -2.06. The monoisotopic (exact) mass is 357 g/mol. The molecule has 0 radical (unpaired) electrons. The van der Waals surface area contributed by atoms with Crippen LogP contribution in [0, 0.1) is 0 Å². The van der Waals surface area contributed by atoms with Crippen LogP contribution in [0.1, 0.15) is 55.4 Å². The van der Waals surface area contributed by atoms with Crippen molar-refractivity contribution >= 4 is 0 Å². The topological polar surface area (TPSA) is 12.9 Å². The Bertz CT molecular complexity index is 798. The van der Waals surface area contributed by atoms with Crippen LogP contribution in [0.25, 0.3) is 11.3 Å². The summed E-state index contributed by atoms with van der Waals surface area (Å²) in [6.07, 6.45) is 10.3. The highest BCUT2D eigenvalue weighted by Gasteiger charge is 2.02. The van der Waals surface area contributed by atoms with Gasteiger partial charge in [0.15, 0.2) is 0 Å². The van der Waals surface area contributed by atoms with Gasteiger partial charge in [-0.05, 0) is 60.4 Å². The fourth-order valence-electron chi connectivity index (χ4n) is 3.39. The van der Waals surface area contributed by atoms with Crippen LogP contribution >= 0.6 is 0 Å². The summed E-state index contributed by atoms with van der Waals surface area (Å²) in [6.45, 7) is 4.44. The van der Waals surface area contributed by atoms with E-state index in [0.29, 0.717) is 0 Å². The van der Waals surface area contributed by atoms with Crippen LogP contribution in [-0.4, -0.2) is 4.98 Å². The molecule has 0 N–H and O–H groups in total. The number of benzene rings is 2. The van der Waals surface area contributed by atoms with Crippen LogP contribution < -0.4 is 0 Å². The van der Waals surface area contributed by atoms with Gasteiger partial charge in [0.2, 0.25) is 0 Å². The summed E-state index contributed by atoms with van der Waals surface area (Å²) in [5, 5.41) is 0. The van der Waals surface area contributed by atoms with Gasteiger partial charge in [-0.2, -0.15) is 0 Å². The quantitative estimate of drug-likeness (QED) is 0.382. The van der Waals surface area contributed by atoms with Crippen molar-refractivity contribution < 1.29 is 0 Å². The molecule has 0 saturated heterocycles. The molecule has 1 aromatic heterocycles. The van der Waals surface area contributed by atoms with E-state index in [4.69, 9.17) is 0 Å². The Morgan fingerprint density at radius 2 is 1.19 bits per heavy atom. The summed E-state index contributed by atoms with van der Waals surface area (Å²) in [5.41, 5.74) is 7.82. The summed E-state index contributed by atoms with van der Waals surface area (Å²) in [4.78, 5) is 4.67. The zero-order chi connectivity index (χ0) is 18.9. The molecule has 1 nitrogen and oxygen atoms in total. The Hall–Kier alpha value is -2.41. The fourth-order valence-corrected chi connectivity index (χ4v) is 3.39. The molecule has 2 aromatic carbocycles. The molecule has 0 bridgehead atoms. The molecular weight excluding hydrogens is 326 g/mol. The molecule has 0 aliphatic heterocycles. The predicted molar refractivity (Wildman–Crippen MR) is 116 cm³/mol. The Balaban J connectivity index is 1.56. The Kier molecular flexibility index (Phi) is 7.21. The van der Waals surface area contributed by atoms with E-state index >= 15 is 0 Å². The van der Waals surface area contributed by atoms with Crippen LogP contribution in [-0.2, 0) is 25.7 Å². The van der Waals surface area contributed by atoms with Crippen molar-refractivity contribution in [3.63, 3.8) is 0 Å². The van der Waals surface area contributed by atoms with Gasteiger partial charge < -0.3 is 0 Å². The minimum absolute atomic E-state index is 1.07. The third kappa shape index (κ3) is 5.79. The maximum atomic E-state index is 4.67. The zero-order valence-corrected chi connectivity index (χ0v) is 16.7. The van der Waals surface area contributed by atoms with E-state index in [0.717, 1.165) is 31.4 Å². The molecule has 0 aliphatic carbocycles. The highest BCUT2D eigenvalue weighted by Crippen LogP contribution is 2.19. The Morgan fingerprint density at radius 1 is 0.593 bits per heavy atom. The normalized spacial score (nSPS) is 10.9. The molecule has 0 fully saturated rings. The summed E-state index contributed by atoms with van der Waals surface area (Å²) in [7, 11) is 0. The lowest BCUT2D eigenvalue weighted by atomic mass is 10.0. The average Bonchev–Trinajstić information content (AvgIpc) is 2.74. The maximum Gasteiger partial charge on any atom is 0.0702 e. The lowest BCUT2D eigenvalue weighted by molar-refractivity contribution is 0.716. The van der Waals surface area contributed by atoms with Crippen LogP contribution in [0.3, 0.4) is 0 Å².